The van der Waals surface area contributed by atoms with Crippen LogP contribution in [0.1, 0.15) is 12.0 Å². The van der Waals surface area contributed by atoms with Crippen LogP contribution >= 0.6 is 0 Å². The van der Waals surface area contributed by atoms with Gasteiger partial charge in [-0.3, -0.25) is 9.59 Å². The van der Waals surface area contributed by atoms with E-state index < -0.39 is 11.7 Å². The molecule has 1 fully saturated rings. The average Bonchev–Trinajstić information content (AvgIpc) is 3.03. The van der Waals surface area contributed by atoms with Crippen molar-refractivity contribution in [2.45, 2.75) is 13.3 Å². The molecule has 7 heteroatoms. The van der Waals surface area contributed by atoms with E-state index in [0.717, 1.165) is 5.56 Å². The van der Waals surface area contributed by atoms with Crippen molar-refractivity contribution in [1.29, 1.82) is 0 Å². The molecule has 0 aliphatic carbocycles. The summed E-state index contributed by atoms with van der Waals surface area (Å²) in [5.41, 5.74) is 1.47. The third-order valence-electron chi connectivity index (χ3n) is 4.51. The molecule has 0 spiro atoms. The molecular formula is C20H21FN2O4. The van der Waals surface area contributed by atoms with Crippen LogP contribution in [0.3, 0.4) is 0 Å². The summed E-state index contributed by atoms with van der Waals surface area (Å²) in [7, 11) is 3.04. The molecule has 0 bridgehead atoms. The molecule has 2 aromatic rings. The van der Waals surface area contributed by atoms with Crippen molar-refractivity contribution in [3.05, 3.63) is 47.8 Å². The summed E-state index contributed by atoms with van der Waals surface area (Å²) in [6.45, 7) is 1.91. The molecule has 6 nitrogen and oxygen atoms in total. The van der Waals surface area contributed by atoms with E-state index in [1.54, 1.807) is 37.3 Å². The number of hydrogen-bond acceptors (Lipinski definition) is 4. The minimum absolute atomic E-state index is 0.0280. The molecule has 1 aliphatic heterocycles. The lowest BCUT2D eigenvalue weighted by molar-refractivity contribution is -0.122. The predicted octanol–water partition coefficient (Wildman–Crippen LogP) is 3.14. The number of carbonyl (C=O) groups is 2. The zero-order valence-electron chi connectivity index (χ0n) is 15.4. The van der Waals surface area contributed by atoms with Crippen LogP contribution < -0.4 is 19.7 Å². The van der Waals surface area contributed by atoms with Crippen molar-refractivity contribution in [2.75, 3.05) is 31.0 Å². The van der Waals surface area contributed by atoms with Gasteiger partial charge in [-0.25, -0.2) is 4.39 Å². The molecule has 1 N–H and O–H groups in total. The highest BCUT2D eigenvalue weighted by Gasteiger charge is 2.36. The van der Waals surface area contributed by atoms with Crippen molar-refractivity contribution >= 4 is 23.2 Å². The summed E-state index contributed by atoms with van der Waals surface area (Å²) in [5, 5.41) is 2.78. The first-order valence-electron chi connectivity index (χ1n) is 8.51. The Balaban J connectivity index is 1.74. The van der Waals surface area contributed by atoms with Gasteiger partial charge in [0.05, 0.1) is 25.8 Å². The van der Waals surface area contributed by atoms with Crippen molar-refractivity contribution in [3.63, 3.8) is 0 Å². The SMILES string of the molecule is COc1cc(NC(=O)C2CC(=O)N(c3ccc(C)cc3F)C2)cc(OC)c1. The van der Waals surface area contributed by atoms with Crippen LogP contribution in [-0.4, -0.2) is 32.6 Å². The fourth-order valence-electron chi connectivity index (χ4n) is 3.07. The predicted molar refractivity (Wildman–Crippen MR) is 99.8 cm³/mol. The summed E-state index contributed by atoms with van der Waals surface area (Å²) >= 11 is 0. The number of methoxy groups -OCH3 is 2. The second-order valence-corrected chi connectivity index (χ2v) is 6.45. The topological polar surface area (TPSA) is 67.9 Å². The fraction of sp³-hybridized carbons (Fsp3) is 0.300. The van der Waals surface area contributed by atoms with E-state index in [-0.39, 0.29) is 30.5 Å². The van der Waals surface area contributed by atoms with Gasteiger partial charge in [0.25, 0.3) is 0 Å². The lowest BCUT2D eigenvalue weighted by Crippen LogP contribution is -2.28. The van der Waals surface area contributed by atoms with Gasteiger partial charge in [0.1, 0.15) is 17.3 Å². The number of anilines is 2. The Morgan fingerprint density at radius 1 is 1.15 bits per heavy atom. The standard InChI is InChI=1S/C20H21FN2O4/c1-12-4-5-18(17(21)6-12)23-11-13(7-19(23)24)20(25)22-14-8-15(26-2)10-16(9-14)27-3/h4-6,8-10,13H,7,11H2,1-3H3,(H,22,25). The zero-order chi connectivity index (χ0) is 19.6. The highest BCUT2D eigenvalue weighted by molar-refractivity contribution is 6.03. The van der Waals surface area contributed by atoms with E-state index in [0.29, 0.717) is 17.2 Å². The number of benzene rings is 2. The quantitative estimate of drug-likeness (QED) is 0.876. The Kier molecular flexibility index (Phi) is 5.30. The minimum atomic E-state index is -0.574. The van der Waals surface area contributed by atoms with Gasteiger partial charge < -0.3 is 19.7 Å². The molecular weight excluding hydrogens is 351 g/mol. The summed E-state index contributed by atoms with van der Waals surface area (Å²) in [4.78, 5) is 26.3. The summed E-state index contributed by atoms with van der Waals surface area (Å²) < 4.78 is 24.6. The van der Waals surface area contributed by atoms with Gasteiger partial charge in [0, 0.05) is 36.9 Å². The van der Waals surface area contributed by atoms with Gasteiger partial charge in [-0.2, -0.15) is 0 Å². The van der Waals surface area contributed by atoms with Crippen LogP contribution in [0.2, 0.25) is 0 Å². The zero-order valence-corrected chi connectivity index (χ0v) is 15.4. The highest BCUT2D eigenvalue weighted by Crippen LogP contribution is 2.30. The number of amides is 2. The maximum Gasteiger partial charge on any atom is 0.229 e. The fourth-order valence-corrected chi connectivity index (χ4v) is 3.07. The molecule has 142 valence electrons. The summed E-state index contributed by atoms with van der Waals surface area (Å²) in [6.07, 6.45) is 0.0280. The smallest absolute Gasteiger partial charge is 0.229 e. The van der Waals surface area contributed by atoms with E-state index in [9.17, 15) is 14.0 Å². The normalized spacial score (nSPS) is 16.4. The van der Waals surface area contributed by atoms with E-state index in [1.807, 2.05) is 0 Å². The highest BCUT2D eigenvalue weighted by atomic mass is 19.1. The van der Waals surface area contributed by atoms with E-state index >= 15 is 0 Å². The average molecular weight is 372 g/mol. The van der Waals surface area contributed by atoms with Crippen molar-refractivity contribution in [1.82, 2.24) is 0 Å². The molecule has 0 aromatic heterocycles. The van der Waals surface area contributed by atoms with Crippen molar-refractivity contribution < 1.29 is 23.5 Å². The molecule has 0 radical (unpaired) electrons. The molecule has 0 saturated carbocycles. The van der Waals surface area contributed by atoms with Crippen LogP contribution in [0.15, 0.2) is 36.4 Å². The molecule has 1 saturated heterocycles. The number of rotatable bonds is 5. The van der Waals surface area contributed by atoms with Crippen molar-refractivity contribution in [3.8, 4) is 11.5 Å². The molecule has 2 amide bonds. The first kappa shape index (κ1) is 18.7. The molecule has 2 aromatic carbocycles. The Bertz CT molecular complexity index is 862. The second-order valence-electron chi connectivity index (χ2n) is 6.45. The number of aryl methyl sites for hydroxylation is 1. The monoisotopic (exact) mass is 372 g/mol. The van der Waals surface area contributed by atoms with E-state index in [4.69, 9.17) is 9.47 Å². The van der Waals surface area contributed by atoms with E-state index in [2.05, 4.69) is 5.32 Å². The van der Waals surface area contributed by atoms with Gasteiger partial charge in [0.2, 0.25) is 11.8 Å². The molecule has 1 atom stereocenters. The van der Waals surface area contributed by atoms with Gasteiger partial charge in [0.15, 0.2) is 0 Å². The second kappa shape index (κ2) is 7.65. The lowest BCUT2D eigenvalue weighted by atomic mass is 10.1. The van der Waals surface area contributed by atoms with Crippen LogP contribution in [0.25, 0.3) is 0 Å². The van der Waals surface area contributed by atoms with Crippen molar-refractivity contribution in [2.24, 2.45) is 5.92 Å². The maximum atomic E-state index is 14.2. The number of hydrogen-bond donors (Lipinski definition) is 1. The van der Waals surface area contributed by atoms with Crippen LogP contribution in [-0.2, 0) is 9.59 Å². The van der Waals surface area contributed by atoms with Gasteiger partial charge >= 0.3 is 0 Å². The van der Waals surface area contributed by atoms with E-state index in [1.165, 1.54) is 25.2 Å². The molecule has 1 heterocycles. The molecule has 1 unspecified atom stereocenters. The Hall–Kier alpha value is -3.09. The van der Waals surface area contributed by atoms with Gasteiger partial charge in [-0.15, -0.1) is 0 Å². The number of halogens is 1. The number of nitrogens with zero attached hydrogens (tertiary/aromatic N) is 1. The number of carbonyl (C=O) groups excluding carboxylic acids is 2. The Morgan fingerprint density at radius 2 is 1.81 bits per heavy atom. The first-order chi connectivity index (χ1) is 12.9. The largest absolute Gasteiger partial charge is 0.497 e. The third kappa shape index (κ3) is 4.02. The van der Waals surface area contributed by atoms with Crippen LogP contribution in [0, 0.1) is 18.7 Å². The summed E-state index contributed by atoms with van der Waals surface area (Å²) in [5.74, 6) is -0.557. The van der Waals surface area contributed by atoms with Gasteiger partial charge in [-0.1, -0.05) is 6.07 Å². The third-order valence-corrected chi connectivity index (χ3v) is 4.51. The maximum absolute atomic E-state index is 14.2. The van der Waals surface area contributed by atoms with Gasteiger partial charge in [-0.05, 0) is 24.6 Å². The Morgan fingerprint density at radius 3 is 2.41 bits per heavy atom. The molecule has 1 aliphatic rings. The molecule has 27 heavy (non-hydrogen) atoms. The first-order valence-corrected chi connectivity index (χ1v) is 8.51. The Labute approximate surface area is 156 Å². The van der Waals surface area contributed by atoms with Crippen LogP contribution in [0.4, 0.5) is 15.8 Å². The van der Waals surface area contributed by atoms with Crippen LogP contribution in [0.5, 0.6) is 11.5 Å². The number of nitrogens with one attached hydrogen (secondary N) is 1. The lowest BCUT2D eigenvalue weighted by Gasteiger charge is -2.18. The summed E-state index contributed by atoms with van der Waals surface area (Å²) in [6, 6.07) is 9.69. The minimum Gasteiger partial charge on any atom is -0.497 e. The molecule has 3 rings (SSSR count). The number of ether oxygens (including phenoxy) is 2.